The van der Waals surface area contributed by atoms with Crippen LogP contribution in [0.15, 0.2) is 75.4 Å². The molecule has 0 saturated heterocycles. The number of benzene rings is 3. The fraction of sp³-hybridized carbons (Fsp3) is 0.0455. The predicted molar refractivity (Wildman–Crippen MR) is 121 cm³/mol. The molecule has 0 aliphatic rings. The molecule has 0 aliphatic carbocycles. The van der Waals surface area contributed by atoms with E-state index < -0.39 is 27.7 Å². The van der Waals surface area contributed by atoms with E-state index in [-0.39, 0.29) is 33.9 Å². The number of rotatable bonds is 6. The molecule has 1 N–H and O–H groups in total. The van der Waals surface area contributed by atoms with Gasteiger partial charge in [-0.2, -0.15) is 5.10 Å². The molecule has 0 fully saturated rings. The van der Waals surface area contributed by atoms with E-state index in [0.717, 1.165) is 12.3 Å². The second-order valence-corrected chi connectivity index (χ2v) is 7.23. The minimum atomic E-state index is -0.777. The van der Waals surface area contributed by atoms with Gasteiger partial charge in [0, 0.05) is 17.2 Å². The average molecular weight is 469 g/mol. The van der Waals surface area contributed by atoms with Gasteiger partial charge in [0.1, 0.15) is 12.4 Å². The number of halogens is 2. The van der Waals surface area contributed by atoms with E-state index >= 15 is 0 Å². The Labute approximate surface area is 189 Å². The number of nitrogens with zero attached hydrogens (tertiary/aromatic N) is 3. The van der Waals surface area contributed by atoms with E-state index in [1.807, 2.05) is 0 Å². The Balaban J connectivity index is 1.69. The van der Waals surface area contributed by atoms with E-state index in [1.54, 1.807) is 24.3 Å². The first kappa shape index (κ1) is 21.9. The molecule has 11 heteroatoms. The number of hydrogen-bond donors (Lipinski definition) is 1. The Morgan fingerprint density at radius 2 is 1.88 bits per heavy atom. The van der Waals surface area contributed by atoms with Gasteiger partial charge in [0.15, 0.2) is 0 Å². The van der Waals surface area contributed by atoms with Crippen LogP contribution in [-0.4, -0.2) is 20.8 Å². The number of nitro groups is 1. The molecule has 0 unspecified atom stereocenters. The fourth-order valence-electron chi connectivity index (χ4n) is 3.10. The van der Waals surface area contributed by atoms with Crippen LogP contribution in [0.4, 0.5) is 10.1 Å². The molecule has 0 radical (unpaired) electrons. The second kappa shape index (κ2) is 9.05. The van der Waals surface area contributed by atoms with Gasteiger partial charge >= 0.3 is 11.4 Å². The highest BCUT2D eigenvalue weighted by atomic mass is 35.5. The zero-order valence-electron chi connectivity index (χ0n) is 16.7. The van der Waals surface area contributed by atoms with Crippen LogP contribution in [0.5, 0.6) is 5.75 Å². The summed E-state index contributed by atoms with van der Waals surface area (Å²) in [6.45, 7) is -0.275. The maximum absolute atomic E-state index is 13.8. The molecule has 0 atom stereocenters. The van der Waals surface area contributed by atoms with Crippen LogP contribution in [0, 0.1) is 15.9 Å². The van der Waals surface area contributed by atoms with Crippen molar-refractivity contribution < 1.29 is 14.1 Å². The second-order valence-electron chi connectivity index (χ2n) is 6.83. The number of para-hydroxylation sites is 1. The van der Waals surface area contributed by atoms with E-state index in [9.17, 15) is 24.1 Å². The van der Waals surface area contributed by atoms with Crippen molar-refractivity contribution in [3.8, 4) is 5.75 Å². The molecule has 4 aromatic rings. The minimum Gasteiger partial charge on any atom is -0.481 e. The monoisotopic (exact) mass is 468 g/mol. The molecular formula is C22H14ClFN4O5. The number of ether oxygens (including phenoxy) is 1. The molecule has 1 heterocycles. The third-order valence-corrected chi connectivity index (χ3v) is 4.96. The van der Waals surface area contributed by atoms with Crippen molar-refractivity contribution in [1.29, 1.82) is 0 Å². The molecule has 4 rings (SSSR count). The number of aromatic amines is 1. The summed E-state index contributed by atoms with van der Waals surface area (Å²) in [7, 11) is 0. The Hall–Kier alpha value is -4.31. The van der Waals surface area contributed by atoms with Gasteiger partial charge in [0.25, 0.3) is 5.56 Å². The Morgan fingerprint density at radius 3 is 2.64 bits per heavy atom. The Morgan fingerprint density at radius 1 is 1.15 bits per heavy atom. The predicted octanol–water partition coefficient (Wildman–Crippen LogP) is 3.85. The van der Waals surface area contributed by atoms with Crippen LogP contribution in [0.2, 0.25) is 5.02 Å². The highest BCUT2D eigenvalue weighted by Crippen LogP contribution is 2.36. The fourth-order valence-corrected chi connectivity index (χ4v) is 3.38. The van der Waals surface area contributed by atoms with Crippen molar-refractivity contribution >= 4 is 34.4 Å². The van der Waals surface area contributed by atoms with Crippen LogP contribution in [0.3, 0.4) is 0 Å². The molecule has 0 bridgehead atoms. The molecule has 9 nitrogen and oxygen atoms in total. The standard InChI is InChI=1S/C22H14ClFN4O5/c23-16-9-13(11-25-27-21(29)15-6-2-4-8-18(15)26-22(27)30)10-19(28(31)32)20(16)33-12-14-5-1-3-7-17(14)24/h1-11H,12H2,(H,26,30). The van der Waals surface area contributed by atoms with Gasteiger partial charge in [-0.1, -0.05) is 41.9 Å². The summed E-state index contributed by atoms with van der Waals surface area (Å²) < 4.78 is 19.9. The summed E-state index contributed by atoms with van der Waals surface area (Å²) in [5.41, 5.74) is -1.22. The zero-order valence-corrected chi connectivity index (χ0v) is 17.5. The Kier molecular flexibility index (Phi) is 6.01. The number of aromatic nitrogens is 2. The third-order valence-electron chi connectivity index (χ3n) is 4.68. The average Bonchev–Trinajstić information content (AvgIpc) is 2.79. The topological polar surface area (TPSA) is 120 Å². The van der Waals surface area contributed by atoms with Crippen molar-refractivity contribution in [2.75, 3.05) is 0 Å². The Bertz CT molecular complexity index is 1530. The van der Waals surface area contributed by atoms with Crippen molar-refractivity contribution in [2.45, 2.75) is 6.61 Å². The van der Waals surface area contributed by atoms with Crippen LogP contribution >= 0.6 is 11.6 Å². The number of nitrogens with one attached hydrogen (secondary N) is 1. The van der Waals surface area contributed by atoms with Crippen LogP contribution in [-0.2, 0) is 6.61 Å². The van der Waals surface area contributed by atoms with E-state index in [1.165, 1.54) is 30.3 Å². The number of nitro benzene ring substituents is 1. The lowest BCUT2D eigenvalue weighted by molar-refractivity contribution is -0.385. The van der Waals surface area contributed by atoms with Gasteiger partial charge in [-0.05, 0) is 24.3 Å². The summed E-state index contributed by atoms with van der Waals surface area (Å²) in [6.07, 6.45) is 1.09. The largest absolute Gasteiger partial charge is 0.481 e. The lowest BCUT2D eigenvalue weighted by Crippen LogP contribution is -2.32. The lowest BCUT2D eigenvalue weighted by Gasteiger charge is -2.10. The zero-order chi connectivity index (χ0) is 23.5. The normalized spacial score (nSPS) is 11.2. The first-order chi connectivity index (χ1) is 15.8. The first-order valence-electron chi connectivity index (χ1n) is 9.47. The number of H-pyrrole nitrogens is 1. The van der Waals surface area contributed by atoms with Crippen molar-refractivity contribution in [1.82, 2.24) is 9.66 Å². The van der Waals surface area contributed by atoms with E-state index in [4.69, 9.17) is 16.3 Å². The van der Waals surface area contributed by atoms with Crippen molar-refractivity contribution in [3.05, 3.63) is 114 Å². The molecule has 33 heavy (non-hydrogen) atoms. The molecule has 0 saturated carbocycles. The maximum Gasteiger partial charge on any atom is 0.349 e. The molecule has 166 valence electrons. The molecule has 1 aromatic heterocycles. The van der Waals surface area contributed by atoms with Crippen molar-refractivity contribution in [3.63, 3.8) is 0 Å². The first-order valence-corrected chi connectivity index (χ1v) is 9.85. The summed E-state index contributed by atoms with van der Waals surface area (Å²) in [5, 5.41) is 15.6. The highest BCUT2D eigenvalue weighted by Gasteiger charge is 2.21. The van der Waals surface area contributed by atoms with Gasteiger partial charge in [0.05, 0.1) is 27.1 Å². The number of fused-ring (bicyclic) bond motifs is 1. The molecule has 3 aromatic carbocycles. The molecule has 0 spiro atoms. The van der Waals surface area contributed by atoms with Gasteiger partial charge in [0.2, 0.25) is 5.75 Å². The smallest absolute Gasteiger partial charge is 0.349 e. The molecule has 0 amide bonds. The third kappa shape index (κ3) is 4.51. The van der Waals surface area contributed by atoms with Crippen LogP contribution in [0.25, 0.3) is 10.9 Å². The summed E-state index contributed by atoms with van der Waals surface area (Å²) in [5.74, 6) is -0.770. The summed E-state index contributed by atoms with van der Waals surface area (Å²) >= 11 is 6.19. The van der Waals surface area contributed by atoms with Gasteiger partial charge in [-0.15, -0.1) is 4.68 Å². The minimum absolute atomic E-state index is 0.123. The van der Waals surface area contributed by atoms with Crippen LogP contribution in [0.1, 0.15) is 11.1 Å². The van der Waals surface area contributed by atoms with E-state index in [0.29, 0.717) is 10.2 Å². The van der Waals surface area contributed by atoms with Crippen LogP contribution < -0.4 is 16.0 Å². The van der Waals surface area contributed by atoms with Crippen molar-refractivity contribution in [2.24, 2.45) is 5.10 Å². The SMILES string of the molecule is O=c1[nH]c2ccccc2c(=O)n1N=Cc1cc(Cl)c(OCc2ccccc2F)c([N+](=O)[O-])c1. The number of hydrogen-bond acceptors (Lipinski definition) is 6. The molecule has 0 aliphatic heterocycles. The maximum atomic E-state index is 13.8. The quantitative estimate of drug-likeness (QED) is 0.262. The summed E-state index contributed by atoms with van der Waals surface area (Å²) in [6, 6.07) is 14.7. The molecular weight excluding hydrogens is 455 g/mol. The summed E-state index contributed by atoms with van der Waals surface area (Å²) in [4.78, 5) is 38.2. The van der Waals surface area contributed by atoms with Gasteiger partial charge in [-0.25, -0.2) is 9.18 Å². The van der Waals surface area contributed by atoms with Gasteiger partial charge < -0.3 is 9.72 Å². The van der Waals surface area contributed by atoms with E-state index in [2.05, 4.69) is 10.1 Å². The lowest BCUT2D eigenvalue weighted by atomic mass is 10.2. The highest BCUT2D eigenvalue weighted by molar-refractivity contribution is 6.32. The van der Waals surface area contributed by atoms with Gasteiger partial charge in [-0.3, -0.25) is 14.9 Å².